The topological polar surface area (TPSA) is 196 Å². The molecule has 2 rings (SSSR count). The quantitative estimate of drug-likeness (QED) is 0.116. The van der Waals surface area contributed by atoms with Gasteiger partial charge in [-0.3, -0.25) is 4.79 Å². The molecule has 41 heavy (non-hydrogen) atoms. The van der Waals surface area contributed by atoms with E-state index in [1.54, 1.807) is 6.92 Å². The maximum atomic E-state index is 11.9. The van der Waals surface area contributed by atoms with Crippen LogP contribution in [0, 0.1) is 11.8 Å². The number of carboxylic acid groups (broad SMARTS) is 1. The molecule has 13 nitrogen and oxygen atoms in total. The Morgan fingerprint density at radius 2 is 1.54 bits per heavy atom. The van der Waals surface area contributed by atoms with Crippen molar-refractivity contribution in [2.24, 2.45) is 11.8 Å². The van der Waals surface area contributed by atoms with E-state index in [-0.39, 0.29) is 45.2 Å². The number of ether oxygens (including phenoxy) is 5. The zero-order valence-corrected chi connectivity index (χ0v) is 24.7. The number of rotatable bonds is 18. The summed E-state index contributed by atoms with van der Waals surface area (Å²) < 4.78 is 28.1. The van der Waals surface area contributed by atoms with Gasteiger partial charge in [-0.2, -0.15) is 0 Å². The molecule has 1 amide bonds. The molecule has 2 fully saturated rings. The number of carboxylic acids is 1. The number of aliphatic hydroxyl groups is 4. The summed E-state index contributed by atoms with van der Waals surface area (Å²) in [5.74, 6) is -3.00. The summed E-state index contributed by atoms with van der Waals surface area (Å²) in [5.41, 5.74) is -1.71. The second-order valence-electron chi connectivity index (χ2n) is 11.0. The number of hydrogen-bond acceptors (Lipinski definition) is 12. The molecule has 10 unspecified atom stereocenters. The number of hydrogen-bond donors (Lipinski definition) is 5. The molecule has 5 N–H and O–H groups in total. The molecule has 0 aromatic carbocycles. The lowest BCUT2D eigenvalue weighted by atomic mass is 9.76. The molecule has 0 aromatic rings. The number of aliphatic hydroxyl groups excluding tert-OH is 3. The van der Waals surface area contributed by atoms with Crippen molar-refractivity contribution in [1.82, 2.24) is 5.32 Å². The molecule has 240 valence electrons. The van der Waals surface area contributed by atoms with Gasteiger partial charge in [-0.1, -0.05) is 0 Å². The highest BCUT2D eigenvalue weighted by molar-refractivity contribution is 5.73. The average Bonchev–Trinajstić information content (AvgIpc) is 2.91. The van der Waals surface area contributed by atoms with Crippen molar-refractivity contribution < 1.29 is 58.8 Å². The summed E-state index contributed by atoms with van der Waals surface area (Å²) in [6.07, 6.45) is -4.19. The third-order valence-corrected chi connectivity index (χ3v) is 8.07. The number of amides is 1. The van der Waals surface area contributed by atoms with Crippen LogP contribution in [0.2, 0.25) is 0 Å². The Morgan fingerprint density at radius 1 is 0.902 bits per heavy atom. The van der Waals surface area contributed by atoms with Crippen molar-refractivity contribution in [1.29, 1.82) is 0 Å². The molecule has 0 aromatic heterocycles. The lowest BCUT2D eigenvalue weighted by Crippen LogP contribution is -2.65. The highest BCUT2D eigenvalue weighted by atomic mass is 16.5. The maximum Gasteiger partial charge on any atom is 0.217 e. The minimum atomic E-state index is -1.71. The fourth-order valence-electron chi connectivity index (χ4n) is 5.86. The lowest BCUT2D eigenvalue weighted by Gasteiger charge is -2.49. The summed E-state index contributed by atoms with van der Waals surface area (Å²) >= 11 is 0. The third-order valence-electron chi connectivity index (χ3n) is 8.07. The molecule has 0 saturated carbocycles. The van der Waals surface area contributed by atoms with Crippen LogP contribution in [-0.2, 0) is 33.3 Å². The van der Waals surface area contributed by atoms with Crippen LogP contribution < -0.4 is 10.4 Å². The smallest absolute Gasteiger partial charge is 0.217 e. The normalized spacial score (nSPS) is 35.8. The number of nitrogens with one attached hydrogen (secondary N) is 1. The summed E-state index contributed by atoms with van der Waals surface area (Å²) in [6.45, 7) is 8.13. The fourth-order valence-corrected chi connectivity index (χ4v) is 5.86. The van der Waals surface area contributed by atoms with Crippen molar-refractivity contribution in [2.45, 2.75) is 108 Å². The monoisotopic (exact) mass is 592 g/mol. The summed E-state index contributed by atoms with van der Waals surface area (Å²) in [5, 5.41) is 57.1. The Balaban J connectivity index is 1.92. The Kier molecular flexibility index (Phi) is 15.4. The van der Waals surface area contributed by atoms with E-state index in [0.717, 1.165) is 0 Å². The average molecular weight is 593 g/mol. The number of carbonyl (C=O) groups is 2. The standard InChI is InChI=1S/C28H51NO12/c1-5-37-13-9-19-25(27(34)35)41-22(28(4,36)26(19)33)11-15-39-12-7-8-18-23(29-17(3)31)20(10-14-38-6-2)40-21(16-30)24(18)32/h18-26,30,32-33,36H,5-16H2,1-4H3,(H,29,31)(H,34,35)/p-1. The van der Waals surface area contributed by atoms with Gasteiger partial charge in [0, 0.05) is 58.4 Å². The van der Waals surface area contributed by atoms with E-state index in [2.05, 4.69) is 5.32 Å². The van der Waals surface area contributed by atoms with Crippen LogP contribution in [0.5, 0.6) is 0 Å². The van der Waals surface area contributed by atoms with Gasteiger partial charge in [0.25, 0.3) is 0 Å². The fraction of sp³-hybridized carbons (Fsp3) is 0.929. The van der Waals surface area contributed by atoms with Crippen molar-refractivity contribution in [3.63, 3.8) is 0 Å². The molecule has 0 radical (unpaired) electrons. The molecular formula is C28H50NO12-. The second kappa shape index (κ2) is 17.6. The van der Waals surface area contributed by atoms with Crippen molar-refractivity contribution in [3.8, 4) is 0 Å². The van der Waals surface area contributed by atoms with E-state index in [4.69, 9.17) is 23.7 Å². The van der Waals surface area contributed by atoms with Gasteiger partial charge in [0.1, 0.15) is 17.8 Å². The maximum absolute atomic E-state index is 11.9. The molecule has 2 aliphatic heterocycles. The Hall–Kier alpha value is -1.42. The summed E-state index contributed by atoms with van der Waals surface area (Å²) in [7, 11) is 0. The van der Waals surface area contributed by atoms with E-state index in [9.17, 15) is 35.1 Å². The van der Waals surface area contributed by atoms with Crippen LogP contribution in [0.1, 0.15) is 59.8 Å². The first-order valence-corrected chi connectivity index (χ1v) is 14.7. The highest BCUT2D eigenvalue weighted by Gasteiger charge is 2.52. The molecule has 10 atom stereocenters. The Bertz CT molecular complexity index is 783. The molecule has 0 spiro atoms. The number of carbonyl (C=O) groups excluding carboxylic acids is 2. The zero-order chi connectivity index (χ0) is 30.6. The minimum absolute atomic E-state index is 0.124. The van der Waals surface area contributed by atoms with Crippen LogP contribution in [0.25, 0.3) is 0 Å². The molecule has 2 heterocycles. The van der Waals surface area contributed by atoms with Crippen LogP contribution in [0.4, 0.5) is 0 Å². The predicted octanol–water partition coefficient (Wildman–Crippen LogP) is -1.49. The van der Waals surface area contributed by atoms with Crippen LogP contribution in [0.15, 0.2) is 0 Å². The van der Waals surface area contributed by atoms with Crippen LogP contribution >= 0.6 is 0 Å². The van der Waals surface area contributed by atoms with Crippen LogP contribution in [-0.4, -0.2) is 127 Å². The third kappa shape index (κ3) is 10.1. The zero-order valence-electron chi connectivity index (χ0n) is 24.7. The summed E-state index contributed by atoms with van der Waals surface area (Å²) in [6, 6.07) is -0.477. The van der Waals surface area contributed by atoms with Crippen molar-refractivity contribution in [3.05, 3.63) is 0 Å². The SMILES string of the molecule is CCOCCC1OC(CO)C(O)C(CCCOCCC2OC(C(=O)[O-])C(CCOCC)C(O)C2(C)O)C1NC(C)=O. The second-order valence-corrected chi connectivity index (χ2v) is 11.0. The first-order valence-electron chi connectivity index (χ1n) is 14.7. The predicted molar refractivity (Wildman–Crippen MR) is 144 cm³/mol. The van der Waals surface area contributed by atoms with Gasteiger partial charge in [-0.05, 0) is 52.9 Å². The molecular weight excluding hydrogens is 542 g/mol. The van der Waals surface area contributed by atoms with Crippen LogP contribution in [0.3, 0.4) is 0 Å². The molecule has 2 aliphatic rings. The van der Waals surface area contributed by atoms with E-state index in [0.29, 0.717) is 39.1 Å². The molecule has 2 saturated heterocycles. The number of aliphatic carboxylic acids is 1. The van der Waals surface area contributed by atoms with Gasteiger partial charge in [-0.25, -0.2) is 0 Å². The molecule has 0 aliphatic carbocycles. The van der Waals surface area contributed by atoms with Gasteiger partial charge >= 0.3 is 0 Å². The van der Waals surface area contributed by atoms with Gasteiger partial charge in [0.05, 0.1) is 43.0 Å². The van der Waals surface area contributed by atoms with Crippen molar-refractivity contribution >= 4 is 11.9 Å². The van der Waals surface area contributed by atoms with Gasteiger partial charge in [-0.15, -0.1) is 0 Å². The van der Waals surface area contributed by atoms with Crippen molar-refractivity contribution in [2.75, 3.05) is 46.2 Å². The first kappa shape index (κ1) is 35.8. The largest absolute Gasteiger partial charge is 0.547 e. The van der Waals surface area contributed by atoms with E-state index >= 15 is 0 Å². The molecule has 13 heteroatoms. The lowest BCUT2D eigenvalue weighted by molar-refractivity contribution is -0.336. The Morgan fingerprint density at radius 3 is 2.12 bits per heavy atom. The van der Waals surface area contributed by atoms with Gasteiger partial charge in [0.2, 0.25) is 5.91 Å². The highest BCUT2D eigenvalue weighted by Crippen LogP contribution is 2.37. The van der Waals surface area contributed by atoms with E-state index in [1.807, 2.05) is 6.92 Å². The van der Waals surface area contributed by atoms with Gasteiger partial charge < -0.3 is 59.3 Å². The van der Waals surface area contributed by atoms with Gasteiger partial charge in [0.15, 0.2) is 0 Å². The van der Waals surface area contributed by atoms with E-state index < -0.39 is 66.1 Å². The minimum Gasteiger partial charge on any atom is -0.547 e. The molecule has 0 bridgehead atoms. The summed E-state index contributed by atoms with van der Waals surface area (Å²) in [4.78, 5) is 23.7. The first-order chi connectivity index (χ1) is 19.5. The van der Waals surface area contributed by atoms with E-state index in [1.165, 1.54) is 13.8 Å². The Labute approximate surface area is 242 Å².